The van der Waals surface area contributed by atoms with E-state index in [-0.39, 0.29) is 5.91 Å². The molecular weight excluding hydrogens is 368 g/mol. The molecule has 1 heterocycles. The molecule has 5 nitrogen and oxygen atoms in total. The van der Waals surface area contributed by atoms with Crippen molar-refractivity contribution in [1.29, 1.82) is 5.26 Å². The lowest BCUT2D eigenvalue weighted by atomic mass is 10.1. The number of nitrogens with one attached hydrogen (secondary N) is 1. The van der Waals surface area contributed by atoms with Crippen molar-refractivity contribution in [3.05, 3.63) is 0 Å². The maximum absolute atomic E-state index is 12.1. The minimum Gasteiger partial charge on any atom is -0.346 e. The van der Waals surface area contributed by atoms with E-state index in [9.17, 15) is 4.79 Å². The SMILES string of the molecule is CCCCCCCCCCCCCC(=O)NC(=S)N1CCN(CCC#N)CC1. The molecule has 6 heteroatoms. The van der Waals surface area contributed by atoms with Gasteiger partial charge in [-0.05, 0) is 18.6 Å². The van der Waals surface area contributed by atoms with Gasteiger partial charge in [-0.25, -0.2) is 0 Å². The van der Waals surface area contributed by atoms with Gasteiger partial charge in [0.15, 0.2) is 5.11 Å². The average Bonchev–Trinajstić information content (AvgIpc) is 2.70. The van der Waals surface area contributed by atoms with Gasteiger partial charge >= 0.3 is 0 Å². The smallest absolute Gasteiger partial charge is 0.226 e. The summed E-state index contributed by atoms with van der Waals surface area (Å²) in [4.78, 5) is 16.4. The molecule has 1 saturated heterocycles. The van der Waals surface area contributed by atoms with E-state index in [1.807, 2.05) is 0 Å². The summed E-state index contributed by atoms with van der Waals surface area (Å²) >= 11 is 5.39. The van der Waals surface area contributed by atoms with Gasteiger partial charge in [0.2, 0.25) is 5.91 Å². The molecule has 0 aromatic carbocycles. The predicted molar refractivity (Wildman–Crippen MR) is 120 cm³/mol. The number of amides is 1. The summed E-state index contributed by atoms with van der Waals surface area (Å²) in [5, 5.41) is 12.1. The fourth-order valence-corrected chi connectivity index (χ4v) is 3.89. The summed E-state index contributed by atoms with van der Waals surface area (Å²) in [6.45, 7) is 6.52. The number of carbonyl (C=O) groups excluding carboxylic acids is 1. The Labute approximate surface area is 177 Å². The molecule has 1 aliphatic rings. The molecule has 0 atom stereocenters. The molecule has 1 fully saturated rings. The molecule has 0 saturated carbocycles. The lowest BCUT2D eigenvalue weighted by Crippen LogP contribution is -2.52. The van der Waals surface area contributed by atoms with E-state index >= 15 is 0 Å². The van der Waals surface area contributed by atoms with Crippen molar-refractivity contribution < 1.29 is 4.79 Å². The van der Waals surface area contributed by atoms with Gasteiger partial charge < -0.3 is 10.2 Å². The van der Waals surface area contributed by atoms with Crippen LogP contribution in [0.15, 0.2) is 0 Å². The van der Waals surface area contributed by atoms with Crippen molar-refractivity contribution in [3.63, 3.8) is 0 Å². The van der Waals surface area contributed by atoms with Crippen LogP contribution in [0, 0.1) is 11.3 Å². The molecule has 0 aromatic heterocycles. The van der Waals surface area contributed by atoms with E-state index in [1.54, 1.807) is 0 Å². The van der Waals surface area contributed by atoms with Gasteiger partial charge in [-0.3, -0.25) is 9.69 Å². The lowest BCUT2D eigenvalue weighted by Gasteiger charge is -2.35. The summed E-state index contributed by atoms with van der Waals surface area (Å²) in [5.74, 6) is 0.0489. The third kappa shape index (κ3) is 12.3. The second-order valence-corrected chi connectivity index (χ2v) is 8.26. The molecule has 0 aromatic rings. The second kappa shape index (κ2) is 16.7. The van der Waals surface area contributed by atoms with Crippen LogP contribution in [0.2, 0.25) is 0 Å². The third-order valence-electron chi connectivity index (χ3n) is 5.45. The highest BCUT2D eigenvalue weighted by Crippen LogP contribution is 2.12. The van der Waals surface area contributed by atoms with Gasteiger partial charge in [-0.1, -0.05) is 71.1 Å². The highest BCUT2D eigenvalue weighted by atomic mass is 32.1. The van der Waals surface area contributed by atoms with Gasteiger partial charge in [0.05, 0.1) is 6.07 Å². The molecule has 1 N–H and O–H groups in total. The number of nitrogens with zero attached hydrogens (tertiary/aromatic N) is 3. The number of thiocarbonyl (C=S) groups is 1. The number of carbonyl (C=O) groups is 1. The maximum Gasteiger partial charge on any atom is 0.226 e. The fraction of sp³-hybridized carbons (Fsp3) is 0.864. The van der Waals surface area contributed by atoms with E-state index in [1.165, 1.54) is 57.8 Å². The van der Waals surface area contributed by atoms with Crippen molar-refractivity contribution in [2.75, 3.05) is 32.7 Å². The molecule has 28 heavy (non-hydrogen) atoms. The van der Waals surface area contributed by atoms with Crippen molar-refractivity contribution in [3.8, 4) is 6.07 Å². The van der Waals surface area contributed by atoms with E-state index < -0.39 is 0 Å². The quantitative estimate of drug-likeness (QED) is 0.336. The molecule has 0 aliphatic carbocycles. The summed E-state index contributed by atoms with van der Waals surface area (Å²) in [6, 6.07) is 2.18. The van der Waals surface area contributed by atoms with Crippen LogP contribution in [0.5, 0.6) is 0 Å². The Morgan fingerprint density at radius 1 is 0.929 bits per heavy atom. The first-order valence-electron chi connectivity index (χ1n) is 11.4. The number of hydrogen-bond donors (Lipinski definition) is 1. The summed E-state index contributed by atoms with van der Waals surface area (Å²) in [6.07, 6.45) is 15.3. The Morgan fingerprint density at radius 2 is 1.46 bits per heavy atom. The standard InChI is InChI=1S/C22H40N4OS/c1-2-3-4-5-6-7-8-9-10-11-12-14-21(27)24-22(28)26-19-17-25(18-20-26)16-13-15-23/h2-14,16-20H2,1H3,(H,24,27,28). The van der Waals surface area contributed by atoms with E-state index in [2.05, 4.69) is 28.1 Å². The van der Waals surface area contributed by atoms with Gasteiger partial charge in [-0.15, -0.1) is 0 Å². The molecule has 160 valence electrons. The van der Waals surface area contributed by atoms with Crippen LogP contribution >= 0.6 is 12.2 Å². The topological polar surface area (TPSA) is 59.4 Å². The predicted octanol–water partition coefficient (Wildman–Crippen LogP) is 4.62. The Balaban J connectivity index is 1.96. The molecule has 1 amide bonds. The van der Waals surface area contributed by atoms with Crippen LogP contribution in [0.3, 0.4) is 0 Å². The Bertz CT molecular complexity index is 470. The van der Waals surface area contributed by atoms with Crippen LogP contribution in [-0.2, 0) is 4.79 Å². The Hall–Kier alpha value is -1.19. The Kier molecular flexibility index (Phi) is 14.9. The lowest BCUT2D eigenvalue weighted by molar-refractivity contribution is -0.119. The van der Waals surface area contributed by atoms with Gasteiger partial charge in [0.1, 0.15) is 0 Å². The minimum absolute atomic E-state index is 0.0489. The van der Waals surface area contributed by atoms with E-state index in [0.717, 1.165) is 45.6 Å². The maximum atomic E-state index is 12.1. The number of nitriles is 1. The van der Waals surface area contributed by atoms with Gasteiger partial charge in [-0.2, -0.15) is 5.26 Å². The number of rotatable bonds is 14. The van der Waals surface area contributed by atoms with Crippen LogP contribution in [0.4, 0.5) is 0 Å². The van der Waals surface area contributed by atoms with Crippen molar-refractivity contribution >= 4 is 23.2 Å². The van der Waals surface area contributed by atoms with Crippen LogP contribution in [-0.4, -0.2) is 53.5 Å². The van der Waals surface area contributed by atoms with Gasteiger partial charge in [0.25, 0.3) is 0 Å². The van der Waals surface area contributed by atoms with Crippen molar-refractivity contribution in [2.24, 2.45) is 0 Å². The molecular formula is C22H40N4OS. The average molecular weight is 409 g/mol. The van der Waals surface area contributed by atoms with Crippen LogP contribution in [0.1, 0.15) is 90.4 Å². The normalized spacial score (nSPS) is 14.6. The largest absolute Gasteiger partial charge is 0.346 e. The number of unbranched alkanes of at least 4 members (excludes halogenated alkanes) is 10. The first-order chi connectivity index (χ1) is 13.7. The van der Waals surface area contributed by atoms with Crippen molar-refractivity contribution in [2.45, 2.75) is 90.4 Å². The number of piperazine rings is 1. The van der Waals surface area contributed by atoms with Crippen molar-refractivity contribution in [1.82, 2.24) is 15.1 Å². The fourth-order valence-electron chi connectivity index (χ4n) is 3.59. The number of hydrogen-bond acceptors (Lipinski definition) is 4. The van der Waals surface area contributed by atoms with Crippen LogP contribution < -0.4 is 5.32 Å². The van der Waals surface area contributed by atoms with Crippen LogP contribution in [0.25, 0.3) is 0 Å². The zero-order chi connectivity index (χ0) is 20.5. The summed E-state index contributed by atoms with van der Waals surface area (Å²) in [7, 11) is 0. The van der Waals surface area contributed by atoms with E-state index in [4.69, 9.17) is 17.5 Å². The van der Waals surface area contributed by atoms with E-state index in [0.29, 0.717) is 18.0 Å². The highest BCUT2D eigenvalue weighted by molar-refractivity contribution is 7.80. The molecule has 1 rings (SSSR count). The molecule has 0 bridgehead atoms. The Morgan fingerprint density at radius 3 is 2.00 bits per heavy atom. The molecule has 0 radical (unpaired) electrons. The molecule has 0 spiro atoms. The molecule has 0 unspecified atom stereocenters. The summed E-state index contributed by atoms with van der Waals surface area (Å²) in [5.41, 5.74) is 0. The zero-order valence-electron chi connectivity index (χ0n) is 17.9. The molecule has 1 aliphatic heterocycles. The second-order valence-electron chi connectivity index (χ2n) is 7.88. The monoisotopic (exact) mass is 408 g/mol. The summed E-state index contributed by atoms with van der Waals surface area (Å²) < 4.78 is 0. The highest BCUT2D eigenvalue weighted by Gasteiger charge is 2.19. The minimum atomic E-state index is 0.0489. The first kappa shape index (κ1) is 24.8. The van der Waals surface area contributed by atoms with Gasteiger partial charge in [0, 0.05) is 45.6 Å². The third-order valence-corrected chi connectivity index (χ3v) is 5.81. The zero-order valence-corrected chi connectivity index (χ0v) is 18.7. The first-order valence-corrected chi connectivity index (χ1v) is 11.8.